The molecule has 1 fully saturated rings. The summed E-state index contributed by atoms with van der Waals surface area (Å²) < 4.78 is 18.8. The molecule has 1 saturated carbocycles. The van der Waals surface area contributed by atoms with E-state index in [9.17, 15) is 4.39 Å². The number of benzene rings is 1. The summed E-state index contributed by atoms with van der Waals surface area (Å²) in [5.74, 6) is 1.07. The lowest BCUT2D eigenvalue weighted by molar-refractivity contribution is 0.329. The highest BCUT2D eigenvalue weighted by molar-refractivity contribution is 5.37. The van der Waals surface area contributed by atoms with Crippen molar-refractivity contribution >= 4 is 0 Å². The maximum atomic E-state index is 13.5. The van der Waals surface area contributed by atoms with Crippen LogP contribution in [0.25, 0.3) is 0 Å². The quantitative estimate of drug-likeness (QED) is 0.873. The number of hydrogen-bond acceptors (Lipinski definition) is 2. The van der Waals surface area contributed by atoms with Crippen molar-refractivity contribution in [3.05, 3.63) is 29.6 Å². The lowest BCUT2D eigenvalue weighted by atomic mass is 9.81. The molecule has 2 rings (SSSR count). The summed E-state index contributed by atoms with van der Waals surface area (Å²) in [7, 11) is 1.66. The van der Waals surface area contributed by atoms with Crippen LogP contribution in [0.5, 0.6) is 5.75 Å². The molecule has 3 heteroatoms. The predicted molar refractivity (Wildman–Crippen MR) is 76.2 cm³/mol. The Bertz CT molecular complexity index is 408. The van der Waals surface area contributed by atoms with Crippen molar-refractivity contribution in [2.45, 2.75) is 51.0 Å². The summed E-state index contributed by atoms with van der Waals surface area (Å²) in [6.07, 6.45) is 5.80. The molecule has 0 aromatic heterocycles. The van der Waals surface area contributed by atoms with Crippen molar-refractivity contribution in [3.63, 3.8) is 0 Å². The monoisotopic (exact) mass is 265 g/mol. The summed E-state index contributed by atoms with van der Waals surface area (Å²) >= 11 is 0. The maximum Gasteiger partial charge on any atom is 0.123 e. The van der Waals surface area contributed by atoms with Crippen LogP contribution in [0.1, 0.15) is 50.5 Å². The first-order valence-corrected chi connectivity index (χ1v) is 7.31. The van der Waals surface area contributed by atoms with Crippen LogP contribution in [0.3, 0.4) is 0 Å². The number of halogens is 1. The first-order chi connectivity index (χ1) is 9.24. The van der Waals surface area contributed by atoms with Crippen molar-refractivity contribution in [3.8, 4) is 5.75 Å². The molecule has 0 aliphatic heterocycles. The molecule has 0 saturated heterocycles. The molecular weight excluding hydrogens is 241 g/mol. The molecule has 1 aliphatic rings. The highest BCUT2D eigenvalue weighted by Crippen LogP contribution is 2.37. The minimum Gasteiger partial charge on any atom is -0.496 e. The average molecular weight is 265 g/mol. The second-order valence-corrected chi connectivity index (χ2v) is 5.40. The highest BCUT2D eigenvalue weighted by atomic mass is 19.1. The third kappa shape index (κ3) is 3.69. The molecule has 1 aromatic carbocycles. The van der Waals surface area contributed by atoms with Crippen molar-refractivity contribution < 1.29 is 9.13 Å². The lowest BCUT2D eigenvalue weighted by Crippen LogP contribution is -2.34. The summed E-state index contributed by atoms with van der Waals surface area (Å²) in [6, 6.07) is 5.42. The zero-order valence-corrected chi connectivity index (χ0v) is 11.9. The van der Waals surface area contributed by atoms with E-state index < -0.39 is 0 Å². The van der Waals surface area contributed by atoms with Gasteiger partial charge in [-0.2, -0.15) is 0 Å². The van der Waals surface area contributed by atoms with Crippen molar-refractivity contribution in [1.82, 2.24) is 5.32 Å². The van der Waals surface area contributed by atoms with Gasteiger partial charge in [0.2, 0.25) is 0 Å². The summed E-state index contributed by atoms with van der Waals surface area (Å²) in [5.41, 5.74) is 1.03. The van der Waals surface area contributed by atoms with Crippen LogP contribution < -0.4 is 10.1 Å². The molecule has 0 spiro atoms. The molecule has 2 atom stereocenters. The fraction of sp³-hybridized carbons (Fsp3) is 0.625. The molecule has 0 radical (unpaired) electrons. The van der Waals surface area contributed by atoms with Gasteiger partial charge in [-0.25, -0.2) is 4.39 Å². The number of nitrogens with one attached hydrogen (secondary N) is 1. The second kappa shape index (κ2) is 6.90. The zero-order valence-electron chi connectivity index (χ0n) is 11.9. The Hall–Kier alpha value is -1.09. The highest BCUT2D eigenvalue weighted by Gasteiger charge is 2.25. The van der Waals surface area contributed by atoms with E-state index in [0.29, 0.717) is 12.0 Å². The number of methoxy groups -OCH3 is 1. The molecule has 0 bridgehead atoms. The van der Waals surface area contributed by atoms with E-state index in [1.54, 1.807) is 19.2 Å². The van der Waals surface area contributed by atoms with E-state index in [-0.39, 0.29) is 5.82 Å². The van der Waals surface area contributed by atoms with Crippen LogP contribution in [0.4, 0.5) is 4.39 Å². The van der Waals surface area contributed by atoms with Gasteiger partial charge < -0.3 is 10.1 Å². The Labute approximate surface area is 115 Å². The predicted octanol–water partition coefficient (Wildman–Crippen LogP) is 3.86. The Balaban J connectivity index is 2.10. The third-order valence-electron chi connectivity index (χ3n) is 3.99. The van der Waals surface area contributed by atoms with E-state index in [2.05, 4.69) is 12.2 Å². The molecule has 2 nitrogen and oxygen atoms in total. The number of rotatable bonds is 5. The minimum absolute atomic E-state index is 0.167. The lowest BCUT2D eigenvalue weighted by Gasteiger charge is -2.31. The normalized spacial score (nSPS) is 23.3. The Morgan fingerprint density at radius 3 is 2.95 bits per heavy atom. The first-order valence-electron chi connectivity index (χ1n) is 7.31. The smallest absolute Gasteiger partial charge is 0.123 e. The van der Waals surface area contributed by atoms with Gasteiger partial charge >= 0.3 is 0 Å². The summed E-state index contributed by atoms with van der Waals surface area (Å²) in [6.45, 7) is 3.25. The Morgan fingerprint density at radius 2 is 2.21 bits per heavy atom. The molecule has 1 aliphatic carbocycles. The van der Waals surface area contributed by atoms with Gasteiger partial charge in [0.15, 0.2) is 0 Å². The molecule has 106 valence electrons. The van der Waals surface area contributed by atoms with Crippen LogP contribution in [0.2, 0.25) is 0 Å². The van der Waals surface area contributed by atoms with Gasteiger partial charge in [-0.1, -0.05) is 13.3 Å². The Morgan fingerprint density at radius 1 is 1.37 bits per heavy atom. The van der Waals surface area contributed by atoms with Crippen LogP contribution >= 0.6 is 0 Å². The van der Waals surface area contributed by atoms with Gasteiger partial charge in [0.1, 0.15) is 11.6 Å². The fourth-order valence-corrected chi connectivity index (χ4v) is 3.03. The van der Waals surface area contributed by atoms with E-state index in [4.69, 9.17) is 4.74 Å². The molecule has 0 amide bonds. The minimum atomic E-state index is -0.167. The third-order valence-corrected chi connectivity index (χ3v) is 3.99. The van der Waals surface area contributed by atoms with E-state index >= 15 is 0 Å². The summed E-state index contributed by atoms with van der Waals surface area (Å²) in [5, 5.41) is 3.59. The number of hydrogen-bond donors (Lipinski definition) is 1. The van der Waals surface area contributed by atoms with Gasteiger partial charge in [0.25, 0.3) is 0 Å². The molecule has 1 aromatic rings. The van der Waals surface area contributed by atoms with E-state index in [1.807, 2.05) is 0 Å². The van der Waals surface area contributed by atoms with Gasteiger partial charge in [-0.3, -0.25) is 0 Å². The van der Waals surface area contributed by atoms with Gasteiger partial charge in [-0.05, 0) is 56.3 Å². The van der Waals surface area contributed by atoms with Gasteiger partial charge in [0.05, 0.1) is 7.11 Å². The molecule has 2 unspecified atom stereocenters. The molecule has 19 heavy (non-hydrogen) atoms. The van der Waals surface area contributed by atoms with Crippen LogP contribution in [0.15, 0.2) is 18.2 Å². The van der Waals surface area contributed by atoms with Gasteiger partial charge in [-0.15, -0.1) is 0 Å². The summed E-state index contributed by atoms with van der Waals surface area (Å²) in [4.78, 5) is 0. The van der Waals surface area contributed by atoms with Crippen molar-refractivity contribution in [2.75, 3.05) is 13.7 Å². The average Bonchev–Trinajstić information content (AvgIpc) is 2.45. The maximum absolute atomic E-state index is 13.5. The fourth-order valence-electron chi connectivity index (χ4n) is 3.03. The number of ether oxygens (including phenoxy) is 1. The van der Waals surface area contributed by atoms with Gasteiger partial charge in [0, 0.05) is 11.6 Å². The Kier molecular flexibility index (Phi) is 5.20. The van der Waals surface area contributed by atoms with E-state index in [1.165, 1.54) is 18.9 Å². The first kappa shape index (κ1) is 14.3. The largest absolute Gasteiger partial charge is 0.496 e. The zero-order chi connectivity index (χ0) is 13.7. The molecule has 0 heterocycles. The van der Waals surface area contributed by atoms with Crippen LogP contribution in [-0.4, -0.2) is 19.7 Å². The van der Waals surface area contributed by atoms with Crippen molar-refractivity contribution in [2.24, 2.45) is 0 Å². The topological polar surface area (TPSA) is 21.3 Å². The standard InChI is InChI=1S/C16H24FNO/c1-3-9-18-14-6-4-5-12(10-14)15-11-13(17)7-8-16(15)19-2/h7-8,11-12,14,18H,3-6,9-10H2,1-2H3. The van der Waals surface area contributed by atoms with Crippen LogP contribution in [-0.2, 0) is 0 Å². The second-order valence-electron chi connectivity index (χ2n) is 5.40. The molecule has 1 N–H and O–H groups in total. The molecular formula is C16H24FNO. The van der Waals surface area contributed by atoms with Crippen LogP contribution in [0, 0.1) is 5.82 Å². The SMILES string of the molecule is CCCNC1CCCC(c2cc(F)ccc2OC)C1. The van der Waals surface area contributed by atoms with Crippen molar-refractivity contribution in [1.29, 1.82) is 0 Å². The van der Waals surface area contributed by atoms with E-state index in [0.717, 1.165) is 37.1 Å².